The van der Waals surface area contributed by atoms with Crippen LogP contribution in [0.25, 0.3) is 33.5 Å². The highest BCUT2D eigenvalue weighted by Crippen LogP contribution is 2.62. The Morgan fingerprint density at radius 1 is 0.357 bits per heavy atom. The van der Waals surface area contributed by atoms with Crippen LogP contribution in [0.3, 0.4) is 0 Å². The predicted molar refractivity (Wildman–Crippen MR) is 209 cm³/mol. The van der Waals surface area contributed by atoms with Gasteiger partial charge in [-0.3, -0.25) is 4.98 Å². The van der Waals surface area contributed by atoms with E-state index in [9.17, 15) is 0 Å². The third-order valence-electron chi connectivity index (χ3n) is 11.4. The summed E-state index contributed by atoms with van der Waals surface area (Å²) in [5.41, 5.74) is 9.69. The van der Waals surface area contributed by atoms with Crippen LogP contribution < -0.4 is 20.7 Å². The lowest BCUT2D eigenvalue weighted by molar-refractivity contribution is 0.585. The number of halogens is 6. The molecule has 0 atom stereocenters. The Bertz CT molecular complexity index is 2660. The summed E-state index contributed by atoms with van der Waals surface area (Å²) < 4.78 is 90.6. The molecule has 7 aromatic carbocycles. The number of hydrogen-bond donors (Lipinski definition) is 0. The van der Waals surface area contributed by atoms with Crippen molar-refractivity contribution in [3.63, 3.8) is 0 Å². The summed E-state index contributed by atoms with van der Waals surface area (Å²) >= 11 is 0. The molecule has 0 N–H and O–H groups in total. The first-order chi connectivity index (χ1) is 27.2. The van der Waals surface area contributed by atoms with Gasteiger partial charge in [0.15, 0.2) is 8.07 Å². The Hall–Kier alpha value is -6.51. The van der Waals surface area contributed by atoms with E-state index in [1.54, 1.807) is 18.3 Å². The molecule has 270 valence electrons. The molecule has 2 aliphatic carbocycles. The van der Waals surface area contributed by atoms with Crippen molar-refractivity contribution < 1.29 is 26.3 Å². The zero-order chi connectivity index (χ0) is 38.3. The average molecular weight is 760 g/mol. The molecular formula is C48H27F6NSi. The van der Waals surface area contributed by atoms with E-state index < -0.39 is 48.4 Å². The first-order valence-corrected chi connectivity index (χ1v) is 20.0. The van der Waals surface area contributed by atoms with Gasteiger partial charge in [-0.1, -0.05) is 91.0 Å². The van der Waals surface area contributed by atoms with Gasteiger partial charge in [0.2, 0.25) is 0 Å². The minimum absolute atomic E-state index is 0.0149. The fourth-order valence-corrected chi connectivity index (χ4v) is 14.1. The Morgan fingerprint density at radius 3 is 1.30 bits per heavy atom. The second kappa shape index (κ2) is 12.5. The van der Waals surface area contributed by atoms with Crippen molar-refractivity contribution in [2.45, 2.75) is 5.41 Å². The van der Waals surface area contributed by atoms with Gasteiger partial charge in [0.05, 0.1) is 11.1 Å². The standard InChI is InChI=1S/C48H27F6NSi/c49-30-19-31(50)23-37(22-30)56(38-24-32(51)20-33(52)25-38,39-26-34(53)21-35(54)27-39)36-14-11-28(12-15-36)29-13-16-42-46(18-29)48(45-10-5-17-55-47(42)45)43-8-3-1-6-40(43)41-7-2-4-9-44(41)48/h1-27H. The molecule has 0 radical (unpaired) electrons. The lowest BCUT2D eigenvalue weighted by Gasteiger charge is -2.34. The summed E-state index contributed by atoms with van der Waals surface area (Å²) in [5, 5.41) is 0.442. The van der Waals surface area contributed by atoms with Crippen molar-refractivity contribution in [2.75, 3.05) is 0 Å². The molecule has 8 heteroatoms. The lowest BCUT2D eigenvalue weighted by atomic mass is 9.70. The zero-order valence-electron chi connectivity index (χ0n) is 29.3. The molecule has 0 fully saturated rings. The van der Waals surface area contributed by atoms with Gasteiger partial charge in [-0.2, -0.15) is 0 Å². The van der Waals surface area contributed by atoms with Crippen LogP contribution in [0.1, 0.15) is 22.3 Å². The number of pyridine rings is 1. The summed E-state index contributed by atoms with van der Waals surface area (Å²) in [5.74, 6) is -5.67. The molecule has 1 heterocycles. The zero-order valence-corrected chi connectivity index (χ0v) is 30.3. The molecule has 1 nitrogen and oxygen atoms in total. The monoisotopic (exact) mass is 759 g/mol. The third kappa shape index (κ3) is 4.85. The fourth-order valence-electron chi connectivity index (χ4n) is 9.35. The molecule has 1 spiro atoms. The van der Waals surface area contributed by atoms with Gasteiger partial charge < -0.3 is 0 Å². The van der Waals surface area contributed by atoms with E-state index in [2.05, 4.69) is 54.6 Å². The molecule has 0 saturated carbocycles. The number of hydrogen-bond acceptors (Lipinski definition) is 1. The van der Waals surface area contributed by atoms with E-state index in [0.29, 0.717) is 23.4 Å². The third-order valence-corrected chi connectivity index (χ3v) is 16.0. The SMILES string of the molecule is Fc1cc(F)cc([Si](c2ccc(-c3ccc4c(c3)C3(c5ccccc5-c5ccccc53)c3cccnc3-4)cc2)(c2cc(F)cc(F)c2)c2cc(F)cc(F)c2)c1. The molecule has 0 unspecified atom stereocenters. The second-order valence-corrected chi connectivity index (χ2v) is 18.1. The molecule has 0 aliphatic heterocycles. The summed E-state index contributed by atoms with van der Waals surface area (Å²) in [7, 11) is -4.23. The van der Waals surface area contributed by atoms with Gasteiger partial charge in [0.25, 0.3) is 0 Å². The minimum Gasteiger partial charge on any atom is -0.256 e. The highest BCUT2D eigenvalue weighted by molar-refractivity contribution is 7.19. The lowest BCUT2D eigenvalue weighted by Crippen LogP contribution is -2.75. The highest BCUT2D eigenvalue weighted by atomic mass is 28.3. The van der Waals surface area contributed by atoms with Gasteiger partial charge in [0.1, 0.15) is 34.9 Å². The van der Waals surface area contributed by atoms with Gasteiger partial charge in [0, 0.05) is 30.0 Å². The first-order valence-electron chi connectivity index (χ1n) is 18.0. The number of benzene rings is 7. The summed E-state index contributed by atoms with van der Waals surface area (Å²) in [6.07, 6.45) is 1.80. The van der Waals surface area contributed by atoms with Crippen LogP contribution in [0.15, 0.2) is 164 Å². The first kappa shape index (κ1) is 34.0. The molecule has 2 aliphatic rings. The van der Waals surface area contributed by atoms with Crippen molar-refractivity contribution in [1.82, 2.24) is 4.98 Å². The van der Waals surface area contributed by atoms with E-state index in [4.69, 9.17) is 4.98 Å². The van der Waals surface area contributed by atoms with Crippen molar-refractivity contribution in [1.29, 1.82) is 0 Å². The molecule has 0 amide bonds. The van der Waals surface area contributed by atoms with Crippen molar-refractivity contribution in [3.05, 3.63) is 221 Å². The molecule has 1 aromatic heterocycles. The Labute approximate surface area is 319 Å². The topological polar surface area (TPSA) is 12.9 Å². The fraction of sp³-hybridized carbons (Fsp3) is 0.0208. The van der Waals surface area contributed by atoms with Crippen LogP contribution in [0.4, 0.5) is 26.3 Å². The Morgan fingerprint density at radius 2 is 0.804 bits per heavy atom. The van der Waals surface area contributed by atoms with Crippen molar-refractivity contribution in [3.8, 4) is 33.5 Å². The molecule has 0 bridgehead atoms. The molecule has 10 rings (SSSR count). The number of rotatable bonds is 5. The number of aromatic nitrogens is 1. The number of fused-ring (bicyclic) bond motifs is 10. The Balaban J connectivity index is 1.20. The molecule has 56 heavy (non-hydrogen) atoms. The normalized spacial score (nSPS) is 13.3. The smallest absolute Gasteiger partial charge is 0.180 e. The Kier molecular flexibility index (Phi) is 7.60. The van der Waals surface area contributed by atoms with Gasteiger partial charge in [-0.15, -0.1) is 0 Å². The highest BCUT2D eigenvalue weighted by Gasteiger charge is 2.52. The number of nitrogens with zero attached hydrogens (tertiary/aromatic N) is 1. The van der Waals surface area contributed by atoms with E-state index in [1.807, 2.05) is 36.4 Å². The largest absolute Gasteiger partial charge is 0.256 e. The van der Waals surface area contributed by atoms with Crippen molar-refractivity contribution >= 4 is 28.8 Å². The maximum atomic E-state index is 15.1. The maximum Gasteiger partial charge on any atom is 0.180 e. The predicted octanol–water partition coefficient (Wildman–Crippen LogP) is 9.30. The van der Waals surface area contributed by atoms with Gasteiger partial charge >= 0.3 is 0 Å². The molecule has 8 aromatic rings. The minimum atomic E-state index is -4.23. The van der Waals surface area contributed by atoms with E-state index >= 15 is 26.3 Å². The van der Waals surface area contributed by atoms with Crippen LogP contribution in [0, 0.1) is 34.9 Å². The summed E-state index contributed by atoms with van der Waals surface area (Å²) in [6.45, 7) is 0. The van der Waals surface area contributed by atoms with Crippen LogP contribution >= 0.6 is 0 Å². The van der Waals surface area contributed by atoms with Crippen LogP contribution in [-0.4, -0.2) is 13.1 Å². The van der Waals surface area contributed by atoms with E-state index in [-0.39, 0.29) is 15.6 Å². The molecular weight excluding hydrogens is 733 g/mol. The van der Waals surface area contributed by atoms with Crippen molar-refractivity contribution in [2.24, 2.45) is 0 Å². The summed E-state index contributed by atoms with van der Waals surface area (Å²) in [6, 6.07) is 42.7. The van der Waals surface area contributed by atoms with Crippen LogP contribution in [-0.2, 0) is 5.41 Å². The molecule has 0 saturated heterocycles. The van der Waals surface area contributed by atoms with Crippen LogP contribution in [0.5, 0.6) is 0 Å². The average Bonchev–Trinajstić information content (AvgIpc) is 3.65. The maximum absolute atomic E-state index is 15.1. The van der Waals surface area contributed by atoms with E-state index in [1.165, 1.54) is 0 Å². The van der Waals surface area contributed by atoms with Crippen LogP contribution in [0.2, 0.25) is 0 Å². The van der Waals surface area contributed by atoms with Gasteiger partial charge in [-0.25, -0.2) is 26.3 Å². The summed E-state index contributed by atoms with van der Waals surface area (Å²) in [4.78, 5) is 4.87. The quantitative estimate of drug-likeness (QED) is 0.0969. The van der Waals surface area contributed by atoms with Gasteiger partial charge in [-0.05, 0) is 114 Å². The second-order valence-electron chi connectivity index (χ2n) is 14.3. The van der Waals surface area contributed by atoms with E-state index in [0.717, 1.165) is 92.2 Å².